The lowest BCUT2D eigenvalue weighted by Crippen LogP contribution is -2.43. The van der Waals surface area contributed by atoms with E-state index < -0.39 is 11.4 Å². The van der Waals surface area contributed by atoms with Gasteiger partial charge in [-0.1, -0.05) is 6.07 Å². The summed E-state index contributed by atoms with van der Waals surface area (Å²) in [5.41, 5.74) is -0.406. The summed E-state index contributed by atoms with van der Waals surface area (Å²) in [6.45, 7) is 1.47. The third-order valence-electron chi connectivity index (χ3n) is 3.27. The highest BCUT2D eigenvalue weighted by Gasteiger charge is 2.30. The number of piperidine rings is 1. The molecule has 5 heteroatoms. The number of benzene rings is 1. The van der Waals surface area contributed by atoms with Gasteiger partial charge in [0.25, 0.3) is 0 Å². The minimum absolute atomic E-state index is 0.272. The molecule has 0 bridgehead atoms. The Kier molecular flexibility index (Phi) is 3.13. The van der Waals surface area contributed by atoms with E-state index >= 15 is 0 Å². The van der Waals surface area contributed by atoms with E-state index in [-0.39, 0.29) is 17.9 Å². The highest BCUT2D eigenvalue weighted by atomic mass is 16.3. The summed E-state index contributed by atoms with van der Waals surface area (Å²) in [6, 6.07) is 2.83. The third kappa shape index (κ3) is 2.45. The van der Waals surface area contributed by atoms with Gasteiger partial charge in [0, 0.05) is 12.0 Å². The molecule has 0 spiro atoms. The van der Waals surface area contributed by atoms with Crippen molar-refractivity contribution in [3.05, 3.63) is 17.7 Å². The summed E-state index contributed by atoms with van der Waals surface area (Å²) in [5, 5.41) is 41.8. The molecule has 0 amide bonds. The summed E-state index contributed by atoms with van der Waals surface area (Å²) in [4.78, 5) is 0. The highest BCUT2D eigenvalue weighted by Crippen LogP contribution is 2.39. The molecule has 0 atom stereocenters. The molecule has 0 aliphatic carbocycles. The van der Waals surface area contributed by atoms with Gasteiger partial charge in [0.15, 0.2) is 11.5 Å². The predicted molar refractivity (Wildman–Crippen MR) is 62.2 cm³/mol. The van der Waals surface area contributed by atoms with Crippen LogP contribution >= 0.6 is 0 Å². The van der Waals surface area contributed by atoms with E-state index in [1.54, 1.807) is 0 Å². The minimum Gasteiger partial charge on any atom is -0.504 e. The first-order valence-electron chi connectivity index (χ1n) is 5.68. The largest absolute Gasteiger partial charge is 0.504 e. The molecule has 2 rings (SSSR count). The molecule has 1 fully saturated rings. The predicted octanol–water partition coefficient (Wildman–Crippen LogP) is 0.460. The fourth-order valence-corrected chi connectivity index (χ4v) is 2.18. The van der Waals surface area contributed by atoms with Crippen molar-refractivity contribution in [2.75, 3.05) is 13.1 Å². The third-order valence-corrected chi connectivity index (χ3v) is 3.27. The van der Waals surface area contributed by atoms with Gasteiger partial charge in [0.2, 0.25) is 5.75 Å². The maximum absolute atomic E-state index is 10.3. The monoisotopic (exact) mass is 239 g/mol. The van der Waals surface area contributed by atoms with Crippen molar-refractivity contribution in [3.8, 4) is 17.2 Å². The van der Waals surface area contributed by atoms with Gasteiger partial charge >= 0.3 is 0 Å². The van der Waals surface area contributed by atoms with E-state index in [2.05, 4.69) is 5.32 Å². The van der Waals surface area contributed by atoms with Crippen LogP contribution in [0.1, 0.15) is 18.4 Å². The maximum Gasteiger partial charge on any atom is 0.200 e. The van der Waals surface area contributed by atoms with E-state index in [1.165, 1.54) is 12.1 Å². The molecule has 1 aliphatic rings. The van der Waals surface area contributed by atoms with Crippen molar-refractivity contribution in [3.63, 3.8) is 0 Å². The molecule has 0 unspecified atom stereocenters. The van der Waals surface area contributed by atoms with Crippen LogP contribution in [0, 0.1) is 0 Å². The van der Waals surface area contributed by atoms with E-state index in [9.17, 15) is 20.4 Å². The Morgan fingerprint density at radius 2 is 1.71 bits per heavy atom. The van der Waals surface area contributed by atoms with E-state index in [0.29, 0.717) is 18.4 Å². The number of aliphatic hydroxyl groups is 1. The van der Waals surface area contributed by atoms with Crippen LogP contribution in [0.5, 0.6) is 17.2 Å². The summed E-state index contributed by atoms with van der Waals surface area (Å²) >= 11 is 0. The Balaban J connectivity index is 2.21. The SMILES string of the molecule is Oc1ccc(CC2(O)CCNCC2)c(O)c1O. The Hall–Kier alpha value is -1.46. The zero-order chi connectivity index (χ0) is 12.5. The number of nitrogens with one attached hydrogen (secondary N) is 1. The van der Waals surface area contributed by atoms with Crippen LogP contribution in [0.3, 0.4) is 0 Å². The summed E-state index contributed by atoms with van der Waals surface area (Å²) < 4.78 is 0. The normalized spacial score (nSPS) is 19.1. The van der Waals surface area contributed by atoms with Gasteiger partial charge in [0.1, 0.15) is 0 Å². The smallest absolute Gasteiger partial charge is 0.200 e. The molecule has 5 nitrogen and oxygen atoms in total. The van der Waals surface area contributed by atoms with Gasteiger partial charge in [0.05, 0.1) is 5.60 Å². The average molecular weight is 239 g/mol. The van der Waals surface area contributed by atoms with Crippen molar-refractivity contribution in [2.45, 2.75) is 24.9 Å². The highest BCUT2D eigenvalue weighted by molar-refractivity contribution is 5.53. The quantitative estimate of drug-likeness (QED) is 0.483. The van der Waals surface area contributed by atoms with Crippen LogP contribution in [0.2, 0.25) is 0 Å². The summed E-state index contributed by atoms with van der Waals surface area (Å²) in [5.74, 6) is -1.24. The Morgan fingerprint density at radius 3 is 2.35 bits per heavy atom. The lowest BCUT2D eigenvalue weighted by atomic mass is 9.85. The van der Waals surface area contributed by atoms with E-state index in [4.69, 9.17) is 0 Å². The molecule has 5 N–H and O–H groups in total. The fourth-order valence-electron chi connectivity index (χ4n) is 2.18. The Morgan fingerprint density at radius 1 is 1.06 bits per heavy atom. The Labute approximate surface area is 99.3 Å². The number of phenolic OH excluding ortho intramolecular Hbond substituents is 3. The summed E-state index contributed by atoms with van der Waals surface area (Å²) in [7, 11) is 0. The minimum atomic E-state index is -0.855. The fraction of sp³-hybridized carbons (Fsp3) is 0.500. The molecule has 17 heavy (non-hydrogen) atoms. The molecule has 0 radical (unpaired) electrons. The van der Waals surface area contributed by atoms with Gasteiger partial charge in [-0.3, -0.25) is 0 Å². The van der Waals surface area contributed by atoms with Crippen molar-refractivity contribution >= 4 is 0 Å². The molecule has 0 aromatic heterocycles. The van der Waals surface area contributed by atoms with Crippen LogP contribution in [-0.4, -0.2) is 39.1 Å². The second kappa shape index (κ2) is 4.43. The lowest BCUT2D eigenvalue weighted by molar-refractivity contribution is 0.0103. The number of hydrogen-bond acceptors (Lipinski definition) is 5. The molecule has 0 saturated carbocycles. The first kappa shape index (κ1) is 12.0. The molecular weight excluding hydrogens is 222 g/mol. The molecule has 1 aromatic rings. The van der Waals surface area contributed by atoms with Crippen molar-refractivity contribution in [1.82, 2.24) is 5.32 Å². The molecule has 1 saturated heterocycles. The van der Waals surface area contributed by atoms with Crippen molar-refractivity contribution < 1.29 is 20.4 Å². The topological polar surface area (TPSA) is 93.0 Å². The van der Waals surface area contributed by atoms with Crippen LogP contribution in [0.15, 0.2) is 12.1 Å². The second-order valence-electron chi connectivity index (χ2n) is 4.59. The Bertz CT molecular complexity index is 413. The lowest BCUT2D eigenvalue weighted by Gasteiger charge is -2.32. The molecule has 1 aromatic carbocycles. The van der Waals surface area contributed by atoms with Gasteiger partial charge in [-0.25, -0.2) is 0 Å². The van der Waals surface area contributed by atoms with Crippen LogP contribution < -0.4 is 5.32 Å². The molecule has 1 aliphatic heterocycles. The molecule has 94 valence electrons. The van der Waals surface area contributed by atoms with Crippen molar-refractivity contribution in [1.29, 1.82) is 0 Å². The van der Waals surface area contributed by atoms with Gasteiger partial charge in [-0.05, 0) is 32.0 Å². The number of rotatable bonds is 2. The number of phenols is 3. The first-order chi connectivity index (χ1) is 8.02. The standard InChI is InChI=1S/C12H17NO4/c14-9-2-1-8(10(15)11(9)16)7-12(17)3-5-13-6-4-12/h1-2,13-17H,3-7H2. The van der Waals surface area contributed by atoms with Crippen LogP contribution in [0.4, 0.5) is 0 Å². The van der Waals surface area contributed by atoms with Gasteiger partial charge < -0.3 is 25.7 Å². The first-order valence-corrected chi connectivity index (χ1v) is 5.68. The zero-order valence-corrected chi connectivity index (χ0v) is 9.48. The summed E-state index contributed by atoms with van der Waals surface area (Å²) in [6.07, 6.45) is 1.48. The zero-order valence-electron chi connectivity index (χ0n) is 9.48. The van der Waals surface area contributed by atoms with Gasteiger partial charge in [-0.15, -0.1) is 0 Å². The van der Waals surface area contributed by atoms with Crippen molar-refractivity contribution in [2.24, 2.45) is 0 Å². The second-order valence-corrected chi connectivity index (χ2v) is 4.59. The van der Waals surface area contributed by atoms with Crippen LogP contribution in [-0.2, 0) is 6.42 Å². The van der Waals surface area contributed by atoms with Crippen LogP contribution in [0.25, 0.3) is 0 Å². The maximum atomic E-state index is 10.3. The molecule has 1 heterocycles. The van der Waals surface area contributed by atoms with E-state index in [1.807, 2.05) is 0 Å². The number of aromatic hydroxyl groups is 3. The number of hydrogen-bond donors (Lipinski definition) is 5. The molecular formula is C12H17NO4. The van der Waals surface area contributed by atoms with E-state index in [0.717, 1.165) is 13.1 Å². The average Bonchev–Trinajstić information content (AvgIpc) is 2.31. The van der Waals surface area contributed by atoms with Gasteiger partial charge in [-0.2, -0.15) is 0 Å².